The Bertz CT molecular complexity index is 188. The number of nitrogens with two attached hydrogens (primary N) is 1. The van der Waals surface area contributed by atoms with Crippen molar-refractivity contribution in [2.24, 2.45) is 11.3 Å². The predicted molar refractivity (Wildman–Crippen MR) is 61.1 cm³/mol. The minimum atomic E-state index is -0.401. The summed E-state index contributed by atoms with van der Waals surface area (Å²) in [5.41, 5.74) is 2.37. The Kier molecular flexibility index (Phi) is 6.52. The molecule has 4 heteroatoms. The highest BCUT2D eigenvalue weighted by Crippen LogP contribution is 2.18. The first-order valence-corrected chi connectivity index (χ1v) is 5.52. The largest absolute Gasteiger partial charge is 0.368 e. The molecule has 0 radical (unpaired) electrons. The summed E-state index contributed by atoms with van der Waals surface area (Å²) in [6, 6.07) is 0. The van der Waals surface area contributed by atoms with Gasteiger partial charge in [-0.15, -0.1) is 0 Å². The van der Waals surface area contributed by atoms with Gasteiger partial charge in [0, 0.05) is 6.61 Å². The van der Waals surface area contributed by atoms with Gasteiger partial charge in [0.1, 0.15) is 6.10 Å². The van der Waals surface area contributed by atoms with Crippen molar-refractivity contribution in [3.63, 3.8) is 0 Å². The number of hydrazine groups is 1. The lowest BCUT2D eigenvalue weighted by molar-refractivity contribution is -0.133. The number of rotatable bonds is 6. The average Bonchev–Trinajstić information content (AvgIpc) is 2.13. The normalized spacial score (nSPS) is 13.7. The van der Waals surface area contributed by atoms with Crippen LogP contribution >= 0.6 is 0 Å². The number of carbonyl (C=O) groups is 1. The maximum absolute atomic E-state index is 11.3. The highest BCUT2D eigenvalue weighted by molar-refractivity contribution is 5.80. The first kappa shape index (κ1) is 14.4. The Hall–Kier alpha value is -0.610. The Morgan fingerprint density at radius 3 is 2.47 bits per heavy atom. The summed E-state index contributed by atoms with van der Waals surface area (Å²) in [6.45, 7) is 9.06. The number of ether oxygens (including phenoxy) is 1. The molecule has 0 bridgehead atoms. The number of nitrogens with one attached hydrogen (secondary N) is 1. The molecule has 0 aliphatic heterocycles. The molecule has 0 aromatic rings. The van der Waals surface area contributed by atoms with Crippen molar-refractivity contribution in [1.82, 2.24) is 5.43 Å². The van der Waals surface area contributed by atoms with Gasteiger partial charge >= 0.3 is 0 Å². The summed E-state index contributed by atoms with van der Waals surface area (Å²) in [5.74, 6) is 4.85. The summed E-state index contributed by atoms with van der Waals surface area (Å²) in [6.07, 6.45) is 2.16. The lowest BCUT2D eigenvalue weighted by Crippen LogP contribution is -2.40. The van der Waals surface area contributed by atoms with Crippen molar-refractivity contribution in [2.75, 3.05) is 6.61 Å². The lowest BCUT2D eigenvalue weighted by atomic mass is 9.93. The highest BCUT2D eigenvalue weighted by atomic mass is 16.5. The van der Waals surface area contributed by atoms with E-state index in [1.807, 2.05) is 6.92 Å². The Balaban J connectivity index is 3.91. The zero-order valence-corrected chi connectivity index (χ0v) is 10.3. The minimum absolute atomic E-state index is 0.231. The van der Waals surface area contributed by atoms with Gasteiger partial charge in [0.05, 0.1) is 0 Å². The number of hydrogen-bond acceptors (Lipinski definition) is 3. The van der Waals surface area contributed by atoms with Crippen LogP contribution in [0.25, 0.3) is 0 Å². The van der Waals surface area contributed by atoms with Crippen molar-refractivity contribution in [3.05, 3.63) is 0 Å². The summed E-state index contributed by atoms with van der Waals surface area (Å²) < 4.78 is 5.52. The monoisotopic (exact) mass is 216 g/mol. The Morgan fingerprint density at radius 1 is 1.47 bits per heavy atom. The van der Waals surface area contributed by atoms with Crippen molar-refractivity contribution in [2.45, 2.75) is 53.1 Å². The minimum Gasteiger partial charge on any atom is -0.368 e. The zero-order chi connectivity index (χ0) is 11.9. The quantitative estimate of drug-likeness (QED) is 0.402. The van der Waals surface area contributed by atoms with E-state index in [2.05, 4.69) is 26.2 Å². The fourth-order valence-electron chi connectivity index (χ4n) is 1.15. The molecule has 1 amide bonds. The maximum atomic E-state index is 11.3. The standard InChI is InChI=1S/C11H24N2O2/c1-5-6-9(10(14)13-12)15-8-7-11(2,3)4/h9H,5-8,12H2,1-4H3,(H,13,14). The van der Waals surface area contributed by atoms with E-state index < -0.39 is 6.10 Å². The lowest BCUT2D eigenvalue weighted by Gasteiger charge is -2.21. The van der Waals surface area contributed by atoms with Crippen LogP contribution in [0.1, 0.15) is 47.0 Å². The van der Waals surface area contributed by atoms with Crippen LogP contribution in [0, 0.1) is 5.41 Å². The van der Waals surface area contributed by atoms with Crippen LogP contribution < -0.4 is 11.3 Å². The van der Waals surface area contributed by atoms with Gasteiger partial charge in [-0.3, -0.25) is 10.2 Å². The summed E-state index contributed by atoms with van der Waals surface area (Å²) in [4.78, 5) is 11.3. The smallest absolute Gasteiger partial charge is 0.262 e. The van der Waals surface area contributed by atoms with Gasteiger partial charge < -0.3 is 4.74 Å². The summed E-state index contributed by atoms with van der Waals surface area (Å²) in [5, 5.41) is 0. The molecule has 15 heavy (non-hydrogen) atoms. The Labute approximate surface area is 92.5 Å². The van der Waals surface area contributed by atoms with Gasteiger partial charge in [0.2, 0.25) is 0 Å². The van der Waals surface area contributed by atoms with Crippen molar-refractivity contribution in [1.29, 1.82) is 0 Å². The summed E-state index contributed by atoms with van der Waals surface area (Å²) in [7, 11) is 0. The van der Waals surface area contributed by atoms with Crippen LogP contribution in [0.15, 0.2) is 0 Å². The molecular formula is C11H24N2O2. The third-order valence-electron chi connectivity index (χ3n) is 2.16. The average molecular weight is 216 g/mol. The zero-order valence-electron chi connectivity index (χ0n) is 10.3. The van der Waals surface area contributed by atoms with Gasteiger partial charge in [-0.05, 0) is 18.3 Å². The van der Waals surface area contributed by atoms with Crippen LogP contribution in [-0.4, -0.2) is 18.6 Å². The predicted octanol–water partition coefficient (Wildman–Crippen LogP) is 1.60. The van der Waals surface area contributed by atoms with E-state index in [-0.39, 0.29) is 11.3 Å². The molecular weight excluding hydrogens is 192 g/mol. The number of carbonyl (C=O) groups excluding carboxylic acids is 1. The molecule has 90 valence electrons. The van der Waals surface area contributed by atoms with Gasteiger partial charge in [0.25, 0.3) is 5.91 Å². The van der Waals surface area contributed by atoms with E-state index in [0.29, 0.717) is 13.0 Å². The first-order chi connectivity index (χ1) is 6.90. The number of hydrogen-bond donors (Lipinski definition) is 2. The third-order valence-corrected chi connectivity index (χ3v) is 2.16. The molecule has 0 heterocycles. The van der Waals surface area contributed by atoms with Crippen LogP contribution in [-0.2, 0) is 9.53 Å². The van der Waals surface area contributed by atoms with Crippen LogP contribution in [0.2, 0.25) is 0 Å². The summed E-state index contributed by atoms with van der Waals surface area (Å²) >= 11 is 0. The molecule has 0 aromatic heterocycles. The fraction of sp³-hybridized carbons (Fsp3) is 0.909. The van der Waals surface area contributed by atoms with E-state index in [1.165, 1.54) is 0 Å². The third kappa shape index (κ3) is 7.33. The van der Waals surface area contributed by atoms with Crippen LogP contribution in [0.3, 0.4) is 0 Å². The van der Waals surface area contributed by atoms with E-state index in [0.717, 1.165) is 12.8 Å². The molecule has 0 saturated carbocycles. The van der Waals surface area contributed by atoms with Gasteiger partial charge in [-0.2, -0.15) is 0 Å². The molecule has 4 nitrogen and oxygen atoms in total. The van der Waals surface area contributed by atoms with Crippen molar-refractivity contribution in [3.8, 4) is 0 Å². The van der Waals surface area contributed by atoms with Gasteiger partial charge in [0.15, 0.2) is 0 Å². The van der Waals surface area contributed by atoms with Crippen molar-refractivity contribution < 1.29 is 9.53 Å². The topological polar surface area (TPSA) is 64.3 Å². The molecule has 1 unspecified atom stereocenters. The van der Waals surface area contributed by atoms with E-state index >= 15 is 0 Å². The second-order valence-electron chi connectivity index (χ2n) is 4.97. The van der Waals surface area contributed by atoms with Crippen LogP contribution in [0.5, 0.6) is 0 Å². The van der Waals surface area contributed by atoms with Crippen LogP contribution in [0.4, 0.5) is 0 Å². The molecule has 0 saturated heterocycles. The van der Waals surface area contributed by atoms with Crippen molar-refractivity contribution >= 4 is 5.91 Å². The molecule has 3 N–H and O–H groups in total. The molecule has 0 aromatic carbocycles. The molecule has 0 aliphatic rings. The SMILES string of the molecule is CCCC(OCCC(C)(C)C)C(=O)NN. The highest BCUT2D eigenvalue weighted by Gasteiger charge is 2.18. The fourth-order valence-corrected chi connectivity index (χ4v) is 1.15. The number of amides is 1. The second kappa shape index (κ2) is 6.80. The molecule has 0 spiro atoms. The molecule has 0 aliphatic carbocycles. The van der Waals surface area contributed by atoms with Gasteiger partial charge in [-0.25, -0.2) is 5.84 Å². The molecule has 1 atom stereocenters. The first-order valence-electron chi connectivity index (χ1n) is 5.52. The van der Waals surface area contributed by atoms with E-state index in [9.17, 15) is 4.79 Å². The maximum Gasteiger partial charge on any atom is 0.262 e. The van der Waals surface area contributed by atoms with E-state index in [1.54, 1.807) is 0 Å². The second-order valence-corrected chi connectivity index (χ2v) is 4.97. The molecule has 0 rings (SSSR count). The van der Waals surface area contributed by atoms with E-state index in [4.69, 9.17) is 10.6 Å². The molecule has 0 fully saturated rings. The Morgan fingerprint density at radius 2 is 2.07 bits per heavy atom. The van der Waals surface area contributed by atoms with Gasteiger partial charge in [-0.1, -0.05) is 34.1 Å².